The van der Waals surface area contributed by atoms with Gasteiger partial charge in [0.05, 0.1) is 37.7 Å². The van der Waals surface area contributed by atoms with Gasteiger partial charge in [0.15, 0.2) is 0 Å². The first-order valence-corrected chi connectivity index (χ1v) is 11.7. The van der Waals surface area contributed by atoms with Crippen LogP contribution < -0.4 is 10.2 Å². The number of anilines is 2. The number of carbonyl (C=O) groups excluding carboxylic acids is 2. The zero-order chi connectivity index (χ0) is 23.8. The Bertz CT molecular complexity index is 1430. The van der Waals surface area contributed by atoms with E-state index in [1.807, 2.05) is 36.5 Å². The van der Waals surface area contributed by atoms with Gasteiger partial charge in [-0.15, -0.1) is 0 Å². The van der Waals surface area contributed by atoms with E-state index in [0.717, 1.165) is 23.5 Å². The van der Waals surface area contributed by atoms with E-state index in [1.54, 1.807) is 41.3 Å². The molecule has 4 aromatic rings. The van der Waals surface area contributed by atoms with Gasteiger partial charge >= 0.3 is 0 Å². The Hall–Kier alpha value is -3.25. The highest BCUT2D eigenvalue weighted by Crippen LogP contribution is 2.32. The molecule has 1 aliphatic heterocycles. The van der Waals surface area contributed by atoms with Crippen molar-refractivity contribution >= 4 is 58.0 Å². The topological polar surface area (TPSA) is 54.3 Å². The minimum atomic E-state index is -0.447. The number of halogens is 3. The Morgan fingerprint density at radius 3 is 2.41 bits per heavy atom. The Labute approximate surface area is 211 Å². The number of rotatable bonds is 3. The maximum atomic E-state index is 13.5. The van der Waals surface area contributed by atoms with Crippen molar-refractivity contribution in [2.24, 2.45) is 0 Å². The molecule has 0 aliphatic carbocycles. The summed E-state index contributed by atoms with van der Waals surface area (Å²) in [6, 6.07) is 21.5. The van der Waals surface area contributed by atoms with E-state index >= 15 is 0 Å². The monoisotopic (exact) mass is 509 g/mol. The molecule has 0 atom stereocenters. The van der Waals surface area contributed by atoms with Gasteiger partial charge in [0.1, 0.15) is 0 Å². The minimum absolute atomic E-state index is 0.162. The predicted octanol–water partition coefficient (Wildman–Crippen LogP) is 6.89. The van der Waals surface area contributed by atoms with Gasteiger partial charge in [0.2, 0.25) is 0 Å². The molecule has 34 heavy (non-hydrogen) atoms. The second kappa shape index (κ2) is 9.18. The predicted molar refractivity (Wildman–Crippen MR) is 137 cm³/mol. The number of aromatic nitrogens is 1. The SMILES string of the molecule is O=C(Nc1ccc(C(=O)N2CCc3cccn3-c3ccccc32)cc1Cl)c1cccc(Cl)c1Cl. The molecule has 0 saturated carbocycles. The molecular formula is C26H18Cl3N3O2. The molecule has 5 rings (SSSR count). The number of amides is 2. The van der Waals surface area contributed by atoms with Crippen LogP contribution in [0.2, 0.25) is 15.1 Å². The fraction of sp³-hybridized carbons (Fsp3) is 0.0769. The van der Waals surface area contributed by atoms with Crippen LogP contribution >= 0.6 is 34.8 Å². The van der Waals surface area contributed by atoms with Gasteiger partial charge in [0.25, 0.3) is 11.8 Å². The molecule has 2 heterocycles. The summed E-state index contributed by atoms with van der Waals surface area (Å²) < 4.78 is 2.11. The number of fused-ring (bicyclic) bond motifs is 3. The zero-order valence-corrected chi connectivity index (χ0v) is 20.0. The summed E-state index contributed by atoms with van der Waals surface area (Å²) in [5.41, 5.74) is 3.93. The molecule has 0 fully saturated rings. The summed E-state index contributed by atoms with van der Waals surface area (Å²) in [6.45, 7) is 0.531. The standard InChI is InChI=1S/C26H18Cl3N3O2/c27-19-7-3-6-18(24(19)29)25(33)30-21-11-10-16(15-20(21)28)26(34)32-14-12-17-5-4-13-31(17)22-8-1-2-9-23(22)32/h1-11,13,15H,12,14H2,(H,30,33). The van der Waals surface area contributed by atoms with Crippen molar-refractivity contribution in [3.05, 3.63) is 111 Å². The molecule has 2 amide bonds. The first kappa shape index (κ1) is 22.5. The first-order chi connectivity index (χ1) is 16.4. The quantitative estimate of drug-likeness (QED) is 0.326. The highest BCUT2D eigenvalue weighted by atomic mass is 35.5. The molecule has 1 N–H and O–H groups in total. The number of nitrogens with one attached hydrogen (secondary N) is 1. The largest absolute Gasteiger partial charge is 0.321 e. The van der Waals surface area contributed by atoms with Crippen molar-refractivity contribution in [1.29, 1.82) is 0 Å². The van der Waals surface area contributed by atoms with E-state index in [0.29, 0.717) is 17.8 Å². The van der Waals surface area contributed by atoms with Crippen LogP contribution in [-0.4, -0.2) is 22.9 Å². The Morgan fingerprint density at radius 1 is 0.824 bits per heavy atom. The Balaban J connectivity index is 1.41. The van der Waals surface area contributed by atoms with Crippen LogP contribution in [0.15, 0.2) is 79.0 Å². The molecule has 0 unspecified atom stereocenters. The third kappa shape index (κ3) is 4.07. The lowest BCUT2D eigenvalue weighted by Gasteiger charge is -2.23. The molecule has 8 heteroatoms. The highest BCUT2D eigenvalue weighted by molar-refractivity contribution is 6.44. The van der Waals surface area contributed by atoms with Gasteiger partial charge in [-0.2, -0.15) is 0 Å². The van der Waals surface area contributed by atoms with Crippen molar-refractivity contribution < 1.29 is 9.59 Å². The molecule has 0 bridgehead atoms. The smallest absolute Gasteiger partial charge is 0.258 e. The lowest BCUT2D eigenvalue weighted by molar-refractivity contribution is 0.0986. The van der Waals surface area contributed by atoms with E-state index in [2.05, 4.69) is 16.0 Å². The van der Waals surface area contributed by atoms with Crippen molar-refractivity contribution in [3.63, 3.8) is 0 Å². The molecule has 0 spiro atoms. The second-order valence-electron chi connectivity index (χ2n) is 7.82. The lowest BCUT2D eigenvalue weighted by Crippen LogP contribution is -2.32. The fourth-order valence-corrected chi connectivity index (χ4v) is 4.70. The molecule has 170 valence electrons. The zero-order valence-electron chi connectivity index (χ0n) is 17.8. The summed E-state index contributed by atoms with van der Waals surface area (Å²) in [5, 5.41) is 3.42. The van der Waals surface area contributed by atoms with Crippen LogP contribution in [0, 0.1) is 0 Å². The van der Waals surface area contributed by atoms with Gasteiger partial charge in [-0.05, 0) is 54.6 Å². The van der Waals surface area contributed by atoms with E-state index in [-0.39, 0.29) is 26.5 Å². The summed E-state index contributed by atoms with van der Waals surface area (Å²) >= 11 is 18.6. The van der Waals surface area contributed by atoms with E-state index in [4.69, 9.17) is 34.8 Å². The number of hydrogen-bond acceptors (Lipinski definition) is 2. The van der Waals surface area contributed by atoms with Crippen LogP contribution in [0.25, 0.3) is 5.69 Å². The van der Waals surface area contributed by atoms with Crippen molar-refractivity contribution in [2.75, 3.05) is 16.8 Å². The van der Waals surface area contributed by atoms with Crippen LogP contribution in [0.5, 0.6) is 0 Å². The van der Waals surface area contributed by atoms with Crippen molar-refractivity contribution in [2.45, 2.75) is 6.42 Å². The molecular weight excluding hydrogens is 493 g/mol. The van der Waals surface area contributed by atoms with Gasteiger partial charge < -0.3 is 14.8 Å². The molecule has 0 radical (unpaired) electrons. The fourth-order valence-electron chi connectivity index (χ4n) is 4.08. The summed E-state index contributed by atoms with van der Waals surface area (Å²) in [5.74, 6) is -0.618. The Morgan fingerprint density at radius 2 is 1.62 bits per heavy atom. The summed E-state index contributed by atoms with van der Waals surface area (Å²) in [6.07, 6.45) is 2.72. The summed E-state index contributed by atoms with van der Waals surface area (Å²) in [7, 11) is 0. The van der Waals surface area contributed by atoms with Gasteiger partial charge in [-0.25, -0.2) is 0 Å². The average molecular weight is 511 g/mol. The van der Waals surface area contributed by atoms with Crippen LogP contribution in [-0.2, 0) is 6.42 Å². The molecule has 1 aliphatic rings. The third-order valence-corrected chi connectivity index (χ3v) is 6.89. The van der Waals surface area contributed by atoms with E-state index in [1.165, 1.54) is 0 Å². The number of hydrogen-bond donors (Lipinski definition) is 1. The molecule has 1 aromatic heterocycles. The molecule has 5 nitrogen and oxygen atoms in total. The van der Waals surface area contributed by atoms with Gasteiger partial charge in [-0.1, -0.05) is 53.0 Å². The first-order valence-electron chi connectivity index (χ1n) is 10.6. The number of carbonyl (C=O) groups is 2. The number of benzene rings is 3. The lowest BCUT2D eigenvalue weighted by atomic mass is 10.1. The van der Waals surface area contributed by atoms with Gasteiger partial charge in [-0.3, -0.25) is 9.59 Å². The van der Waals surface area contributed by atoms with E-state index in [9.17, 15) is 9.59 Å². The van der Waals surface area contributed by atoms with Crippen LogP contribution in [0.1, 0.15) is 26.4 Å². The number of nitrogens with zero attached hydrogens (tertiary/aromatic N) is 2. The molecule has 0 saturated heterocycles. The highest BCUT2D eigenvalue weighted by Gasteiger charge is 2.25. The van der Waals surface area contributed by atoms with Crippen LogP contribution in [0.4, 0.5) is 11.4 Å². The normalized spacial score (nSPS) is 12.5. The van der Waals surface area contributed by atoms with Crippen molar-refractivity contribution in [1.82, 2.24) is 4.57 Å². The second-order valence-corrected chi connectivity index (χ2v) is 9.01. The summed E-state index contributed by atoms with van der Waals surface area (Å²) in [4.78, 5) is 28.0. The maximum Gasteiger partial charge on any atom is 0.258 e. The third-order valence-electron chi connectivity index (χ3n) is 5.76. The minimum Gasteiger partial charge on any atom is -0.321 e. The van der Waals surface area contributed by atoms with Crippen molar-refractivity contribution in [3.8, 4) is 5.69 Å². The number of para-hydroxylation sites is 2. The van der Waals surface area contributed by atoms with Crippen LogP contribution in [0.3, 0.4) is 0 Å². The maximum absolute atomic E-state index is 13.5. The molecule has 3 aromatic carbocycles. The Kier molecular flexibility index (Phi) is 6.09. The van der Waals surface area contributed by atoms with Gasteiger partial charge in [0, 0.05) is 30.4 Å². The average Bonchev–Trinajstić information content (AvgIpc) is 3.25. The van der Waals surface area contributed by atoms with E-state index < -0.39 is 5.91 Å².